The van der Waals surface area contributed by atoms with Crippen LogP contribution in [0, 0.1) is 5.41 Å². The maximum Gasteiger partial charge on any atom is 0.405 e. The first kappa shape index (κ1) is 12.9. The van der Waals surface area contributed by atoms with Gasteiger partial charge in [-0.3, -0.25) is 4.79 Å². The summed E-state index contributed by atoms with van der Waals surface area (Å²) in [6, 6.07) is 8.28. The first-order valence-corrected chi connectivity index (χ1v) is 5.72. The highest BCUT2D eigenvalue weighted by molar-refractivity contribution is 5.83. The van der Waals surface area contributed by atoms with Crippen molar-refractivity contribution in [3.63, 3.8) is 0 Å². The summed E-state index contributed by atoms with van der Waals surface area (Å²) in [5.74, 6) is -1.98. The quantitative estimate of drug-likeness (QED) is 0.778. The van der Waals surface area contributed by atoms with Crippen molar-refractivity contribution >= 4 is 5.97 Å². The number of carbonyl (C=O) groups is 1. The van der Waals surface area contributed by atoms with Crippen LogP contribution >= 0.6 is 0 Å². The summed E-state index contributed by atoms with van der Waals surface area (Å²) in [7, 11) is 0. The molecule has 2 nitrogen and oxygen atoms in total. The molecule has 98 valence electrons. The molecule has 0 spiro atoms. The molecule has 0 unspecified atom stereocenters. The van der Waals surface area contributed by atoms with Crippen LogP contribution in [0.5, 0.6) is 0 Å². The van der Waals surface area contributed by atoms with Gasteiger partial charge in [-0.05, 0) is 18.9 Å². The van der Waals surface area contributed by atoms with Crippen LogP contribution in [0.3, 0.4) is 0 Å². The van der Waals surface area contributed by atoms with Crippen molar-refractivity contribution in [2.45, 2.75) is 25.4 Å². The standard InChI is InChI=1S/C13H13F3O2/c1-2-18-11(17)12(13(14,15)16)8-10(12)9-6-4-3-5-7-9/h3-7,10H,2,8H2,1H3/t10-,12-/m1/s1. The van der Waals surface area contributed by atoms with E-state index in [4.69, 9.17) is 0 Å². The van der Waals surface area contributed by atoms with Crippen LogP contribution in [0.1, 0.15) is 24.8 Å². The molecule has 5 heteroatoms. The SMILES string of the molecule is CCOC(=O)[C@@]1(C(F)(F)F)C[C@@H]1c1ccccc1. The van der Waals surface area contributed by atoms with E-state index in [1.165, 1.54) is 6.92 Å². The highest BCUT2D eigenvalue weighted by Gasteiger charge is 2.76. The van der Waals surface area contributed by atoms with Crippen molar-refractivity contribution in [1.82, 2.24) is 0 Å². The van der Waals surface area contributed by atoms with Crippen molar-refractivity contribution in [1.29, 1.82) is 0 Å². The summed E-state index contributed by atoms with van der Waals surface area (Å²) in [6.45, 7) is 1.46. The topological polar surface area (TPSA) is 26.3 Å². The predicted octanol–water partition coefficient (Wildman–Crippen LogP) is 3.29. The van der Waals surface area contributed by atoms with Gasteiger partial charge in [-0.1, -0.05) is 30.3 Å². The normalized spacial score (nSPS) is 26.8. The number of alkyl halides is 3. The fourth-order valence-electron chi connectivity index (χ4n) is 2.27. The number of hydrogen-bond acceptors (Lipinski definition) is 2. The molecular weight excluding hydrogens is 245 g/mol. The number of hydrogen-bond donors (Lipinski definition) is 0. The van der Waals surface area contributed by atoms with Gasteiger partial charge in [-0.25, -0.2) is 0 Å². The number of ether oxygens (including phenoxy) is 1. The molecular formula is C13H13F3O2. The Morgan fingerprint density at radius 1 is 1.39 bits per heavy atom. The van der Waals surface area contributed by atoms with Crippen molar-refractivity contribution < 1.29 is 22.7 Å². The monoisotopic (exact) mass is 258 g/mol. The molecule has 0 aromatic heterocycles. The molecule has 0 bridgehead atoms. The van der Waals surface area contributed by atoms with Gasteiger partial charge in [0.15, 0.2) is 5.41 Å². The molecule has 0 N–H and O–H groups in total. The molecule has 18 heavy (non-hydrogen) atoms. The lowest BCUT2D eigenvalue weighted by Gasteiger charge is -2.19. The Morgan fingerprint density at radius 3 is 2.50 bits per heavy atom. The molecule has 0 radical (unpaired) electrons. The number of rotatable bonds is 3. The van der Waals surface area contributed by atoms with Gasteiger partial charge < -0.3 is 4.74 Å². The second-order valence-electron chi connectivity index (χ2n) is 4.36. The van der Waals surface area contributed by atoms with Crippen LogP contribution in [0.2, 0.25) is 0 Å². The molecule has 1 aliphatic rings. The zero-order chi connectivity index (χ0) is 13.4. The Kier molecular flexibility index (Phi) is 3.09. The van der Waals surface area contributed by atoms with E-state index in [1.54, 1.807) is 30.3 Å². The molecule has 0 saturated heterocycles. The number of benzene rings is 1. The average Bonchev–Trinajstić information content (AvgIpc) is 3.06. The van der Waals surface area contributed by atoms with E-state index in [1.807, 2.05) is 0 Å². The second kappa shape index (κ2) is 4.30. The number of esters is 1. The minimum atomic E-state index is -4.57. The zero-order valence-electron chi connectivity index (χ0n) is 9.83. The third-order valence-corrected chi connectivity index (χ3v) is 3.31. The van der Waals surface area contributed by atoms with Crippen LogP contribution in [-0.2, 0) is 9.53 Å². The zero-order valence-corrected chi connectivity index (χ0v) is 9.83. The molecule has 0 aliphatic heterocycles. The van der Waals surface area contributed by atoms with Gasteiger partial charge in [0.1, 0.15) is 0 Å². The minimum absolute atomic E-state index is 0.0435. The van der Waals surface area contributed by atoms with Gasteiger partial charge in [-0.15, -0.1) is 0 Å². The summed E-state index contributed by atoms with van der Waals surface area (Å²) >= 11 is 0. The maximum absolute atomic E-state index is 13.1. The first-order valence-electron chi connectivity index (χ1n) is 5.72. The summed E-state index contributed by atoms with van der Waals surface area (Å²) in [4.78, 5) is 11.6. The molecule has 1 aromatic rings. The molecule has 2 atom stereocenters. The Hall–Kier alpha value is -1.52. The predicted molar refractivity (Wildman–Crippen MR) is 58.9 cm³/mol. The average molecular weight is 258 g/mol. The summed E-state index contributed by atoms with van der Waals surface area (Å²) < 4.78 is 43.9. The summed E-state index contributed by atoms with van der Waals surface area (Å²) in [5, 5.41) is 0. The highest BCUT2D eigenvalue weighted by atomic mass is 19.4. The maximum atomic E-state index is 13.1. The Morgan fingerprint density at radius 2 is 2.00 bits per heavy atom. The molecule has 1 saturated carbocycles. The highest BCUT2D eigenvalue weighted by Crippen LogP contribution is 2.67. The molecule has 1 aliphatic carbocycles. The van der Waals surface area contributed by atoms with Crippen molar-refractivity contribution in [3.8, 4) is 0 Å². The Labute approximate surface area is 103 Å². The van der Waals surface area contributed by atoms with Crippen LogP contribution in [0.15, 0.2) is 30.3 Å². The lowest BCUT2D eigenvalue weighted by atomic mass is 9.98. The van der Waals surface area contributed by atoms with Gasteiger partial charge in [0.25, 0.3) is 0 Å². The molecule has 0 heterocycles. The fourth-order valence-corrected chi connectivity index (χ4v) is 2.27. The van der Waals surface area contributed by atoms with E-state index in [0.717, 1.165) is 0 Å². The minimum Gasteiger partial charge on any atom is -0.465 e. The molecule has 1 aromatic carbocycles. The summed E-state index contributed by atoms with van der Waals surface area (Å²) in [6.07, 6.45) is -4.79. The van der Waals surface area contributed by atoms with Crippen LogP contribution in [0.4, 0.5) is 13.2 Å². The molecule has 0 amide bonds. The van der Waals surface area contributed by atoms with Crippen molar-refractivity contribution in [3.05, 3.63) is 35.9 Å². The van der Waals surface area contributed by atoms with Crippen LogP contribution in [-0.4, -0.2) is 18.8 Å². The van der Waals surface area contributed by atoms with Gasteiger partial charge in [0.2, 0.25) is 0 Å². The fraction of sp³-hybridized carbons (Fsp3) is 0.462. The second-order valence-corrected chi connectivity index (χ2v) is 4.36. The van der Waals surface area contributed by atoms with Gasteiger partial charge in [0, 0.05) is 5.92 Å². The Balaban J connectivity index is 2.30. The van der Waals surface area contributed by atoms with E-state index < -0.39 is 23.5 Å². The third-order valence-electron chi connectivity index (χ3n) is 3.31. The van der Waals surface area contributed by atoms with E-state index >= 15 is 0 Å². The van der Waals surface area contributed by atoms with Crippen molar-refractivity contribution in [2.75, 3.05) is 6.61 Å². The van der Waals surface area contributed by atoms with Crippen LogP contribution < -0.4 is 0 Å². The van der Waals surface area contributed by atoms with E-state index in [-0.39, 0.29) is 13.0 Å². The first-order chi connectivity index (χ1) is 8.43. The van der Waals surface area contributed by atoms with Crippen LogP contribution in [0.25, 0.3) is 0 Å². The summed E-state index contributed by atoms with van der Waals surface area (Å²) in [5.41, 5.74) is -1.81. The third kappa shape index (κ3) is 1.87. The van der Waals surface area contributed by atoms with E-state index in [2.05, 4.69) is 4.74 Å². The smallest absolute Gasteiger partial charge is 0.405 e. The number of carbonyl (C=O) groups excluding carboxylic acids is 1. The van der Waals surface area contributed by atoms with Gasteiger partial charge >= 0.3 is 12.1 Å². The Bertz CT molecular complexity index is 441. The van der Waals surface area contributed by atoms with Gasteiger partial charge in [-0.2, -0.15) is 13.2 Å². The van der Waals surface area contributed by atoms with Crippen molar-refractivity contribution in [2.24, 2.45) is 5.41 Å². The molecule has 1 fully saturated rings. The number of halogens is 3. The van der Waals surface area contributed by atoms with Gasteiger partial charge in [0.05, 0.1) is 6.61 Å². The largest absolute Gasteiger partial charge is 0.465 e. The lowest BCUT2D eigenvalue weighted by molar-refractivity contribution is -0.207. The van der Waals surface area contributed by atoms with E-state index in [0.29, 0.717) is 5.56 Å². The lowest BCUT2D eigenvalue weighted by Crippen LogP contribution is -2.35. The molecule has 2 rings (SSSR count). The van der Waals surface area contributed by atoms with E-state index in [9.17, 15) is 18.0 Å².